The average molecular weight is 238 g/mol. The van der Waals surface area contributed by atoms with E-state index in [1.807, 2.05) is 0 Å². The zero-order chi connectivity index (χ0) is 12.1. The normalized spacial score (nSPS) is 31.1. The van der Waals surface area contributed by atoms with Crippen molar-refractivity contribution in [2.45, 2.75) is 70.3 Å². The van der Waals surface area contributed by atoms with Gasteiger partial charge in [-0.3, -0.25) is 0 Å². The predicted octanol–water partition coefficient (Wildman–Crippen LogP) is 2.45. The first-order chi connectivity index (χ1) is 8.24. The Morgan fingerprint density at radius 3 is 2.12 bits per heavy atom. The number of carboxylic acid groups (broad SMARTS) is 1. The summed E-state index contributed by atoms with van der Waals surface area (Å²) in [5.41, 5.74) is 0. The maximum Gasteiger partial charge on any atom is 0.134 e. The summed E-state index contributed by atoms with van der Waals surface area (Å²) in [6.45, 7) is 0. The van der Waals surface area contributed by atoms with Crippen LogP contribution in [0.1, 0.15) is 64.2 Å². The number of hydrogen-bond acceptors (Lipinski definition) is 2. The molecule has 2 rings (SSSR count). The number of amides is 1. The molecule has 17 heavy (non-hydrogen) atoms. The molecule has 2 aliphatic rings. The van der Waals surface area contributed by atoms with Crippen molar-refractivity contribution in [2.24, 2.45) is 11.8 Å². The van der Waals surface area contributed by atoms with Gasteiger partial charge < -0.3 is 15.2 Å². The van der Waals surface area contributed by atoms with Gasteiger partial charge in [-0.05, 0) is 43.9 Å². The minimum absolute atomic E-state index is 0.155. The summed E-state index contributed by atoms with van der Waals surface area (Å²) >= 11 is 0. The lowest BCUT2D eigenvalue weighted by Crippen LogP contribution is -2.44. The van der Waals surface area contributed by atoms with Crippen LogP contribution in [0.25, 0.3) is 0 Å². The van der Waals surface area contributed by atoms with Gasteiger partial charge in [-0.2, -0.15) is 0 Å². The molecule has 0 aromatic carbocycles. The smallest absolute Gasteiger partial charge is 0.134 e. The molecule has 0 saturated heterocycles. The summed E-state index contributed by atoms with van der Waals surface area (Å²) in [6, 6.07) is 0.155. The Bertz CT molecular complexity index is 241. The molecule has 0 aromatic heterocycles. The molecular formula is C14H24NO2-. The van der Waals surface area contributed by atoms with Crippen molar-refractivity contribution >= 4 is 6.09 Å². The van der Waals surface area contributed by atoms with Crippen molar-refractivity contribution in [3.8, 4) is 0 Å². The highest BCUT2D eigenvalue weighted by atomic mass is 16.4. The number of nitrogens with one attached hydrogen (secondary N) is 1. The average Bonchev–Trinajstić information content (AvgIpc) is 2.32. The lowest BCUT2D eigenvalue weighted by atomic mass is 9.76. The van der Waals surface area contributed by atoms with Crippen LogP contribution in [-0.4, -0.2) is 12.1 Å². The van der Waals surface area contributed by atoms with E-state index in [9.17, 15) is 9.90 Å². The third-order valence-corrected chi connectivity index (χ3v) is 4.56. The van der Waals surface area contributed by atoms with Crippen LogP contribution in [0.2, 0.25) is 0 Å². The van der Waals surface area contributed by atoms with Gasteiger partial charge in [0.15, 0.2) is 0 Å². The largest absolute Gasteiger partial charge is 0.530 e. The summed E-state index contributed by atoms with van der Waals surface area (Å²) in [4.78, 5) is 10.4. The van der Waals surface area contributed by atoms with E-state index in [4.69, 9.17) is 0 Å². The molecule has 1 amide bonds. The Labute approximate surface area is 104 Å². The molecular weight excluding hydrogens is 214 g/mol. The van der Waals surface area contributed by atoms with E-state index < -0.39 is 6.09 Å². The van der Waals surface area contributed by atoms with Crippen molar-refractivity contribution in [1.82, 2.24) is 5.32 Å². The Balaban J connectivity index is 1.66. The van der Waals surface area contributed by atoms with Crippen LogP contribution in [-0.2, 0) is 0 Å². The third-order valence-electron chi connectivity index (χ3n) is 4.56. The van der Waals surface area contributed by atoms with Gasteiger partial charge in [0.25, 0.3) is 0 Å². The van der Waals surface area contributed by atoms with Gasteiger partial charge in [-0.1, -0.05) is 32.1 Å². The monoisotopic (exact) mass is 238 g/mol. The molecule has 0 aromatic rings. The van der Waals surface area contributed by atoms with Crippen LogP contribution < -0.4 is 10.4 Å². The Hall–Kier alpha value is -0.730. The quantitative estimate of drug-likeness (QED) is 0.821. The van der Waals surface area contributed by atoms with Crippen LogP contribution in [0.3, 0.4) is 0 Å². The first-order valence-corrected chi connectivity index (χ1v) is 7.21. The van der Waals surface area contributed by atoms with E-state index in [1.54, 1.807) is 0 Å². The van der Waals surface area contributed by atoms with Gasteiger partial charge >= 0.3 is 0 Å². The Kier molecular flexibility index (Phi) is 4.69. The fourth-order valence-electron chi connectivity index (χ4n) is 3.60. The molecule has 0 aliphatic heterocycles. The van der Waals surface area contributed by atoms with E-state index in [0.717, 1.165) is 24.7 Å². The van der Waals surface area contributed by atoms with Crippen LogP contribution in [0, 0.1) is 11.8 Å². The Morgan fingerprint density at radius 2 is 1.53 bits per heavy atom. The van der Waals surface area contributed by atoms with E-state index in [0.29, 0.717) is 0 Å². The number of carbonyl (C=O) groups is 1. The van der Waals surface area contributed by atoms with E-state index in [-0.39, 0.29) is 6.04 Å². The minimum Gasteiger partial charge on any atom is -0.530 e. The van der Waals surface area contributed by atoms with Gasteiger partial charge in [0.2, 0.25) is 0 Å². The van der Waals surface area contributed by atoms with Gasteiger partial charge in [0.05, 0.1) is 0 Å². The van der Waals surface area contributed by atoms with Crippen molar-refractivity contribution in [2.75, 3.05) is 0 Å². The minimum atomic E-state index is -1.11. The topological polar surface area (TPSA) is 52.2 Å². The summed E-state index contributed by atoms with van der Waals surface area (Å²) < 4.78 is 0. The first-order valence-electron chi connectivity index (χ1n) is 7.21. The molecule has 0 unspecified atom stereocenters. The standard InChI is InChI=1S/C14H25NO2/c16-14(17)15-13-8-6-12(7-9-13)10-11-4-2-1-3-5-11/h11-13,15H,1-10H2,(H,16,17)/p-1. The van der Waals surface area contributed by atoms with Crippen LogP contribution in [0.15, 0.2) is 0 Å². The van der Waals surface area contributed by atoms with Crippen LogP contribution >= 0.6 is 0 Å². The van der Waals surface area contributed by atoms with Gasteiger partial charge in [-0.15, -0.1) is 0 Å². The maximum atomic E-state index is 10.4. The summed E-state index contributed by atoms with van der Waals surface area (Å²) in [5, 5.41) is 13.0. The summed E-state index contributed by atoms with van der Waals surface area (Å²) in [5.74, 6) is 1.80. The lowest BCUT2D eigenvalue weighted by Gasteiger charge is -2.33. The second kappa shape index (κ2) is 6.27. The van der Waals surface area contributed by atoms with Crippen LogP contribution in [0.4, 0.5) is 4.79 Å². The zero-order valence-corrected chi connectivity index (χ0v) is 10.6. The van der Waals surface area contributed by atoms with Gasteiger partial charge in [0, 0.05) is 6.04 Å². The highest BCUT2D eigenvalue weighted by Crippen LogP contribution is 2.35. The molecule has 1 N–H and O–H groups in total. The molecule has 3 nitrogen and oxygen atoms in total. The van der Waals surface area contributed by atoms with Gasteiger partial charge in [0.1, 0.15) is 6.09 Å². The maximum absolute atomic E-state index is 10.4. The molecule has 0 atom stereocenters. The van der Waals surface area contributed by atoms with Crippen molar-refractivity contribution in [3.05, 3.63) is 0 Å². The molecule has 2 aliphatic carbocycles. The highest BCUT2D eigenvalue weighted by molar-refractivity contribution is 5.62. The molecule has 0 heterocycles. The predicted molar refractivity (Wildman–Crippen MR) is 65.5 cm³/mol. The zero-order valence-electron chi connectivity index (χ0n) is 10.6. The van der Waals surface area contributed by atoms with Crippen LogP contribution in [0.5, 0.6) is 0 Å². The van der Waals surface area contributed by atoms with E-state index in [1.165, 1.54) is 51.4 Å². The Morgan fingerprint density at radius 1 is 0.941 bits per heavy atom. The number of hydrogen-bond donors (Lipinski definition) is 1. The molecule has 0 spiro atoms. The molecule has 3 heteroatoms. The lowest BCUT2D eigenvalue weighted by molar-refractivity contribution is -0.251. The molecule has 0 bridgehead atoms. The first kappa shape index (κ1) is 12.7. The fraction of sp³-hybridized carbons (Fsp3) is 0.929. The van der Waals surface area contributed by atoms with E-state index in [2.05, 4.69) is 5.32 Å². The van der Waals surface area contributed by atoms with Crippen molar-refractivity contribution < 1.29 is 9.90 Å². The number of rotatable bonds is 3. The van der Waals surface area contributed by atoms with Crippen molar-refractivity contribution in [1.29, 1.82) is 0 Å². The van der Waals surface area contributed by atoms with Gasteiger partial charge in [-0.25, -0.2) is 0 Å². The second-order valence-electron chi connectivity index (χ2n) is 5.89. The third kappa shape index (κ3) is 4.21. The molecule has 2 saturated carbocycles. The molecule has 98 valence electrons. The SMILES string of the molecule is O=C([O-])NC1CCC(CC2CCCCC2)CC1. The number of carbonyl (C=O) groups excluding carboxylic acids is 1. The second-order valence-corrected chi connectivity index (χ2v) is 5.89. The molecule has 2 fully saturated rings. The highest BCUT2D eigenvalue weighted by Gasteiger charge is 2.24. The summed E-state index contributed by atoms with van der Waals surface area (Å²) in [7, 11) is 0. The summed E-state index contributed by atoms with van der Waals surface area (Å²) in [6.07, 6.45) is 11.8. The molecule has 0 radical (unpaired) electrons. The van der Waals surface area contributed by atoms with Crippen molar-refractivity contribution in [3.63, 3.8) is 0 Å². The fourth-order valence-corrected chi connectivity index (χ4v) is 3.60. The van der Waals surface area contributed by atoms with E-state index >= 15 is 0 Å².